The van der Waals surface area contributed by atoms with Gasteiger partial charge in [0, 0.05) is 6.04 Å². The molecule has 1 amide bonds. The van der Waals surface area contributed by atoms with Gasteiger partial charge in [0.25, 0.3) is 0 Å². The van der Waals surface area contributed by atoms with Gasteiger partial charge in [-0.25, -0.2) is 4.79 Å². The van der Waals surface area contributed by atoms with E-state index in [-0.39, 0.29) is 12.0 Å². The number of carbonyl (C=O) groups excluding carboxylic acids is 1. The van der Waals surface area contributed by atoms with Crippen LogP contribution in [0, 0.1) is 5.92 Å². The molecule has 1 fully saturated rings. The summed E-state index contributed by atoms with van der Waals surface area (Å²) in [5, 5.41) is 11.5. The van der Waals surface area contributed by atoms with Crippen molar-refractivity contribution in [1.82, 2.24) is 5.32 Å². The fourth-order valence-electron chi connectivity index (χ4n) is 1.81. The van der Waals surface area contributed by atoms with E-state index in [1.165, 1.54) is 0 Å². The van der Waals surface area contributed by atoms with Gasteiger partial charge in [0.1, 0.15) is 5.60 Å². The zero-order valence-electron chi connectivity index (χ0n) is 11.9. The van der Waals surface area contributed by atoms with Crippen molar-refractivity contribution in [2.75, 3.05) is 0 Å². The Labute approximate surface area is 109 Å². The minimum Gasteiger partial charge on any atom is -0.481 e. The van der Waals surface area contributed by atoms with Crippen molar-refractivity contribution in [3.05, 3.63) is 0 Å². The van der Waals surface area contributed by atoms with Crippen molar-refractivity contribution in [1.29, 1.82) is 0 Å². The maximum Gasteiger partial charge on any atom is 0.407 e. The van der Waals surface area contributed by atoms with E-state index in [0.717, 1.165) is 0 Å². The van der Waals surface area contributed by atoms with Crippen LogP contribution >= 0.6 is 0 Å². The van der Waals surface area contributed by atoms with E-state index in [1.54, 1.807) is 20.8 Å². The average molecular weight is 259 g/mol. The number of nitrogens with one attached hydrogen (secondary N) is 1. The van der Waals surface area contributed by atoms with Gasteiger partial charge in [0.2, 0.25) is 0 Å². The molecule has 2 atom stereocenters. The third kappa shape index (κ3) is 6.47. The molecule has 0 bridgehead atoms. The second-order valence-electron chi connectivity index (χ2n) is 5.19. The third-order valence-corrected chi connectivity index (χ3v) is 2.50. The Hall–Kier alpha value is -1.26. The molecule has 5 nitrogen and oxygen atoms in total. The highest BCUT2D eigenvalue weighted by Crippen LogP contribution is 2.25. The van der Waals surface area contributed by atoms with Gasteiger partial charge in [0.05, 0.1) is 5.92 Å². The number of ether oxygens (including phenoxy) is 1. The topological polar surface area (TPSA) is 75.6 Å². The molecule has 18 heavy (non-hydrogen) atoms. The Balaban J connectivity index is 0.00000137. The van der Waals surface area contributed by atoms with Crippen LogP contribution in [0.1, 0.15) is 53.9 Å². The zero-order valence-corrected chi connectivity index (χ0v) is 11.9. The molecule has 0 radical (unpaired) electrons. The fraction of sp³-hybridized carbons (Fsp3) is 0.846. The van der Waals surface area contributed by atoms with Crippen molar-refractivity contribution in [2.45, 2.75) is 65.5 Å². The summed E-state index contributed by atoms with van der Waals surface area (Å²) >= 11 is 0. The molecule has 0 aromatic heterocycles. The number of alkyl carbamates (subject to hydrolysis) is 1. The van der Waals surface area contributed by atoms with Crippen LogP contribution in [-0.2, 0) is 9.53 Å². The van der Waals surface area contributed by atoms with E-state index >= 15 is 0 Å². The summed E-state index contributed by atoms with van der Waals surface area (Å²) in [6.07, 6.45) is 1.35. The Morgan fingerprint density at radius 2 is 1.78 bits per heavy atom. The lowest BCUT2D eigenvalue weighted by atomic mass is 10.1. The smallest absolute Gasteiger partial charge is 0.407 e. The molecule has 2 N–H and O–H groups in total. The lowest BCUT2D eigenvalue weighted by Crippen LogP contribution is -2.38. The fourth-order valence-corrected chi connectivity index (χ4v) is 1.81. The number of rotatable bonds is 2. The summed E-state index contributed by atoms with van der Waals surface area (Å²) in [7, 11) is 0. The van der Waals surface area contributed by atoms with Crippen molar-refractivity contribution in [2.24, 2.45) is 5.92 Å². The standard InChI is InChI=1S/C11H19NO4.C2H6/c1-11(2,3)16-10(15)12-8-5-4-7(6-8)9(13)14;1-2/h7-8H,4-6H2,1-3H3,(H,12,15)(H,13,14);1-2H3. The molecule has 0 spiro atoms. The molecule has 5 heteroatoms. The second-order valence-corrected chi connectivity index (χ2v) is 5.19. The molecule has 1 saturated carbocycles. The van der Waals surface area contributed by atoms with Gasteiger partial charge in [-0.3, -0.25) is 4.79 Å². The minimum absolute atomic E-state index is 0.0732. The molecule has 0 aliphatic heterocycles. The first kappa shape index (κ1) is 16.7. The van der Waals surface area contributed by atoms with Gasteiger partial charge >= 0.3 is 12.1 Å². The van der Waals surface area contributed by atoms with Crippen LogP contribution < -0.4 is 5.32 Å². The van der Waals surface area contributed by atoms with Gasteiger partial charge in [0.15, 0.2) is 0 Å². The molecular weight excluding hydrogens is 234 g/mol. The maximum absolute atomic E-state index is 11.4. The van der Waals surface area contributed by atoms with E-state index in [2.05, 4.69) is 5.32 Å². The number of hydrogen-bond acceptors (Lipinski definition) is 3. The lowest BCUT2D eigenvalue weighted by Gasteiger charge is -2.21. The molecular formula is C13H25NO4. The summed E-state index contributed by atoms with van der Waals surface area (Å²) in [5.41, 5.74) is -0.519. The third-order valence-electron chi connectivity index (χ3n) is 2.50. The first-order chi connectivity index (χ1) is 8.28. The van der Waals surface area contributed by atoms with E-state index in [0.29, 0.717) is 19.3 Å². The first-order valence-electron chi connectivity index (χ1n) is 6.50. The van der Waals surface area contributed by atoms with Crippen LogP contribution in [-0.4, -0.2) is 28.8 Å². The van der Waals surface area contributed by atoms with E-state index in [4.69, 9.17) is 9.84 Å². The highest BCUT2D eigenvalue weighted by atomic mass is 16.6. The van der Waals surface area contributed by atoms with Crippen LogP contribution in [0.5, 0.6) is 0 Å². The largest absolute Gasteiger partial charge is 0.481 e. The van der Waals surface area contributed by atoms with Gasteiger partial charge in [-0.05, 0) is 40.0 Å². The number of carbonyl (C=O) groups is 2. The normalized spacial score (nSPS) is 22.7. The van der Waals surface area contributed by atoms with Crippen molar-refractivity contribution < 1.29 is 19.4 Å². The van der Waals surface area contributed by atoms with Gasteiger partial charge < -0.3 is 15.2 Å². The predicted molar refractivity (Wildman–Crippen MR) is 69.5 cm³/mol. The number of hydrogen-bond donors (Lipinski definition) is 2. The second kappa shape index (κ2) is 7.24. The predicted octanol–water partition coefficient (Wildman–Crippen LogP) is 2.79. The molecule has 0 aromatic carbocycles. The first-order valence-corrected chi connectivity index (χ1v) is 6.50. The molecule has 0 saturated heterocycles. The van der Waals surface area contributed by atoms with Gasteiger partial charge in [-0.1, -0.05) is 13.8 Å². The summed E-state index contributed by atoms with van der Waals surface area (Å²) in [5.74, 6) is -1.12. The molecule has 0 heterocycles. The summed E-state index contributed by atoms with van der Waals surface area (Å²) in [6, 6.07) is -0.0732. The number of amides is 1. The SMILES string of the molecule is CC.CC(C)(C)OC(=O)NC1CCC(C(=O)O)C1. The number of carboxylic acid groups (broad SMARTS) is 1. The summed E-state index contributed by atoms with van der Waals surface area (Å²) in [4.78, 5) is 22.1. The van der Waals surface area contributed by atoms with Crippen molar-refractivity contribution >= 4 is 12.1 Å². The highest BCUT2D eigenvalue weighted by molar-refractivity contribution is 5.71. The molecule has 1 rings (SSSR count). The molecule has 1 aliphatic rings. The Kier molecular flexibility index (Phi) is 6.73. The van der Waals surface area contributed by atoms with Crippen LogP contribution in [0.3, 0.4) is 0 Å². The number of carboxylic acids is 1. The monoisotopic (exact) mass is 259 g/mol. The van der Waals surface area contributed by atoms with Crippen molar-refractivity contribution in [3.8, 4) is 0 Å². The van der Waals surface area contributed by atoms with Gasteiger partial charge in [-0.15, -0.1) is 0 Å². The van der Waals surface area contributed by atoms with Crippen LogP contribution in [0.2, 0.25) is 0 Å². The van der Waals surface area contributed by atoms with Crippen LogP contribution in [0.4, 0.5) is 4.79 Å². The lowest BCUT2D eigenvalue weighted by molar-refractivity contribution is -0.141. The zero-order chi connectivity index (χ0) is 14.3. The van der Waals surface area contributed by atoms with Crippen molar-refractivity contribution in [3.63, 3.8) is 0 Å². The van der Waals surface area contributed by atoms with Gasteiger partial charge in [-0.2, -0.15) is 0 Å². The van der Waals surface area contributed by atoms with Crippen LogP contribution in [0.15, 0.2) is 0 Å². The number of aliphatic carboxylic acids is 1. The molecule has 0 aromatic rings. The maximum atomic E-state index is 11.4. The van der Waals surface area contributed by atoms with E-state index in [9.17, 15) is 9.59 Å². The minimum atomic E-state index is -0.784. The summed E-state index contributed by atoms with van der Waals surface area (Å²) < 4.78 is 5.10. The van der Waals surface area contributed by atoms with E-state index < -0.39 is 17.7 Å². The van der Waals surface area contributed by atoms with E-state index in [1.807, 2.05) is 13.8 Å². The van der Waals surface area contributed by atoms with Crippen LogP contribution in [0.25, 0.3) is 0 Å². The summed E-state index contributed by atoms with van der Waals surface area (Å²) in [6.45, 7) is 9.38. The Bertz CT molecular complexity index is 283. The quantitative estimate of drug-likeness (QED) is 0.799. The highest BCUT2D eigenvalue weighted by Gasteiger charge is 2.31. The Morgan fingerprint density at radius 1 is 1.22 bits per heavy atom. The molecule has 106 valence electrons. The average Bonchev–Trinajstić information content (AvgIpc) is 2.66. The Morgan fingerprint density at radius 3 is 2.17 bits per heavy atom. The molecule has 2 unspecified atom stereocenters. The molecule has 1 aliphatic carbocycles.